The predicted molar refractivity (Wildman–Crippen MR) is 96.7 cm³/mol. The lowest BCUT2D eigenvalue weighted by Crippen LogP contribution is -2.55. The van der Waals surface area contributed by atoms with E-state index in [0.29, 0.717) is 24.0 Å². The first-order valence-electron chi connectivity index (χ1n) is 9.02. The quantitative estimate of drug-likeness (QED) is 0.790. The minimum atomic E-state index is -0.273. The summed E-state index contributed by atoms with van der Waals surface area (Å²) in [5, 5.41) is 6.21. The molecule has 1 heterocycles. The van der Waals surface area contributed by atoms with Gasteiger partial charge >= 0.3 is 0 Å². The number of nitrogens with one attached hydrogen (secondary N) is 2. The van der Waals surface area contributed by atoms with E-state index in [1.54, 1.807) is 12.1 Å². The highest BCUT2D eigenvalue weighted by Gasteiger charge is 2.40. The summed E-state index contributed by atoms with van der Waals surface area (Å²) in [6.07, 6.45) is 4.53. The average Bonchev–Trinajstić information content (AvgIpc) is 2.60. The number of amides is 2. The molecule has 2 amide bonds. The molecule has 0 spiro atoms. The van der Waals surface area contributed by atoms with Crippen LogP contribution in [0, 0.1) is 17.7 Å². The standard InChI is InChI=1S/C19H25FN2O2S/c1-2-12-9-18(23)22-17-10-14(5-8-16(12)17)21-19(24)11-25-15-6-3-13(20)4-7-15/h3-4,6-7,12,14,16-17H,2,5,8-11H2,1H3,(H,21,24)(H,22,23). The number of carbonyl (C=O) groups excluding carboxylic acids is 2. The summed E-state index contributed by atoms with van der Waals surface area (Å²) in [5.74, 6) is 1.21. The monoisotopic (exact) mass is 364 g/mol. The van der Waals surface area contributed by atoms with Crippen molar-refractivity contribution in [3.8, 4) is 0 Å². The minimum absolute atomic E-state index is 0.00745. The number of hydrogen-bond donors (Lipinski definition) is 2. The van der Waals surface area contributed by atoms with Crippen LogP contribution in [0.3, 0.4) is 0 Å². The summed E-state index contributed by atoms with van der Waals surface area (Å²) in [7, 11) is 0. The van der Waals surface area contributed by atoms with E-state index in [2.05, 4.69) is 17.6 Å². The van der Waals surface area contributed by atoms with Gasteiger partial charge in [0.25, 0.3) is 0 Å². The van der Waals surface area contributed by atoms with Crippen molar-refractivity contribution in [3.63, 3.8) is 0 Å². The number of piperidine rings is 1. The molecular formula is C19H25FN2O2S. The molecule has 4 unspecified atom stereocenters. The summed E-state index contributed by atoms with van der Waals surface area (Å²) < 4.78 is 12.9. The fraction of sp³-hybridized carbons (Fsp3) is 0.579. The van der Waals surface area contributed by atoms with Crippen molar-refractivity contribution in [2.75, 3.05) is 5.75 Å². The van der Waals surface area contributed by atoms with E-state index in [4.69, 9.17) is 0 Å². The van der Waals surface area contributed by atoms with E-state index in [0.717, 1.165) is 30.6 Å². The van der Waals surface area contributed by atoms with Crippen molar-refractivity contribution >= 4 is 23.6 Å². The summed E-state index contributed by atoms with van der Waals surface area (Å²) in [5.41, 5.74) is 0. The molecular weight excluding hydrogens is 339 g/mol. The molecule has 1 saturated heterocycles. The van der Waals surface area contributed by atoms with Gasteiger partial charge in [-0.25, -0.2) is 4.39 Å². The van der Waals surface area contributed by atoms with Crippen molar-refractivity contribution in [2.45, 2.75) is 56.0 Å². The maximum absolute atomic E-state index is 12.9. The van der Waals surface area contributed by atoms with E-state index < -0.39 is 0 Å². The van der Waals surface area contributed by atoms with E-state index >= 15 is 0 Å². The average molecular weight is 364 g/mol. The molecule has 2 aliphatic rings. The number of fused-ring (bicyclic) bond motifs is 1. The van der Waals surface area contributed by atoms with Crippen molar-refractivity contribution in [1.29, 1.82) is 0 Å². The molecule has 0 radical (unpaired) electrons. The summed E-state index contributed by atoms with van der Waals surface area (Å²) >= 11 is 1.40. The zero-order valence-corrected chi connectivity index (χ0v) is 15.3. The van der Waals surface area contributed by atoms with Crippen LogP contribution in [-0.4, -0.2) is 29.7 Å². The molecule has 0 aromatic heterocycles. The van der Waals surface area contributed by atoms with Crippen molar-refractivity contribution in [2.24, 2.45) is 11.8 Å². The number of hydrogen-bond acceptors (Lipinski definition) is 3. The van der Waals surface area contributed by atoms with Crippen LogP contribution < -0.4 is 10.6 Å². The van der Waals surface area contributed by atoms with E-state index in [1.807, 2.05) is 0 Å². The maximum Gasteiger partial charge on any atom is 0.230 e. The molecule has 1 aliphatic heterocycles. The fourth-order valence-electron chi connectivity index (χ4n) is 4.11. The highest BCUT2D eigenvalue weighted by molar-refractivity contribution is 8.00. The Morgan fingerprint density at radius 3 is 2.80 bits per heavy atom. The number of rotatable bonds is 5. The first kappa shape index (κ1) is 18.2. The Morgan fingerprint density at radius 1 is 1.32 bits per heavy atom. The Hall–Kier alpha value is -1.56. The smallest absolute Gasteiger partial charge is 0.230 e. The van der Waals surface area contributed by atoms with Crippen LogP contribution in [-0.2, 0) is 9.59 Å². The van der Waals surface area contributed by atoms with Gasteiger partial charge in [0.1, 0.15) is 5.82 Å². The molecule has 4 atom stereocenters. The van der Waals surface area contributed by atoms with Crippen molar-refractivity contribution < 1.29 is 14.0 Å². The predicted octanol–water partition coefficient (Wildman–Crippen LogP) is 3.12. The van der Waals surface area contributed by atoms with Gasteiger partial charge in [-0.3, -0.25) is 9.59 Å². The molecule has 4 nitrogen and oxygen atoms in total. The molecule has 1 aromatic carbocycles. The summed E-state index contributed by atoms with van der Waals surface area (Å²) in [4.78, 5) is 25.0. The molecule has 1 aromatic rings. The van der Waals surface area contributed by atoms with Gasteiger partial charge in [-0.1, -0.05) is 13.3 Å². The molecule has 3 rings (SSSR count). The van der Waals surface area contributed by atoms with E-state index in [1.165, 1.54) is 23.9 Å². The van der Waals surface area contributed by atoms with Crippen molar-refractivity contribution in [1.82, 2.24) is 10.6 Å². The Kier molecular flexibility index (Phi) is 5.99. The lowest BCUT2D eigenvalue weighted by Gasteiger charge is -2.44. The number of halogens is 1. The minimum Gasteiger partial charge on any atom is -0.353 e. The second kappa shape index (κ2) is 8.21. The van der Waals surface area contributed by atoms with Gasteiger partial charge in [0.05, 0.1) is 5.75 Å². The van der Waals surface area contributed by atoms with Gasteiger partial charge in [0.15, 0.2) is 0 Å². The summed E-state index contributed by atoms with van der Waals surface area (Å²) in [6, 6.07) is 6.48. The van der Waals surface area contributed by atoms with Crippen LogP contribution in [0.5, 0.6) is 0 Å². The third kappa shape index (κ3) is 4.75. The van der Waals surface area contributed by atoms with Gasteiger partial charge < -0.3 is 10.6 Å². The highest BCUT2D eigenvalue weighted by atomic mass is 32.2. The Morgan fingerprint density at radius 2 is 2.08 bits per heavy atom. The van der Waals surface area contributed by atoms with Gasteiger partial charge in [-0.15, -0.1) is 11.8 Å². The lowest BCUT2D eigenvalue weighted by atomic mass is 9.70. The van der Waals surface area contributed by atoms with Crippen LogP contribution in [0.15, 0.2) is 29.2 Å². The molecule has 136 valence electrons. The van der Waals surface area contributed by atoms with Crippen LogP contribution in [0.1, 0.15) is 39.0 Å². The van der Waals surface area contributed by atoms with Gasteiger partial charge in [-0.05, 0) is 55.4 Å². The lowest BCUT2D eigenvalue weighted by molar-refractivity contribution is -0.127. The number of carbonyl (C=O) groups is 2. The SMILES string of the molecule is CCC1CC(=O)NC2CC(NC(=O)CSc3ccc(F)cc3)CCC12. The molecule has 1 saturated carbocycles. The van der Waals surface area contributed by atoms with Crippen LogP contribution in [0.4, 0.5) is 4.39 Å². The third-order valence-corrected chi connectivity index (χ3v) is 6.39. The molecule has 25 heavy (non-hydrogen) atoms. The zero-order chi connectivity index (χ0) is 17.8. The normalized spacial score (nSPS) is 28.8. The van der Waals surface area contributed by atoms with Gasteiger partial charge in [0.2, 0.25) is 11.8 Å². The maximum atomic E-state index is 12.9. The Labute approximate surface area is 152 Å². The third-order valence-electron chi connectivity index (χ3n) is 5.38. The van der Waals surface area contributed by atoms with Crippen LogP contribution in [0.25, 0.3) is 0 Å². The molecule has 1 aliphatic carbocycles. The molecule has 2 fully saturated rings. The van der Waals surface area contributed by atoms with Gasteiger partial charge in [-0.2, -0.15) is 0 Å². The largest absolute Gasteiger partial charge is 0.353 e. The zero-order valence-electron chi connectivity index (χ0n) is 14.5. The van der Waals surface area contributed by atoms with Crippen LogP contribution >= 0.6 is 11.8 Å². The second-order valence-electron chi connectivity index (χ2n) is 7.03. The first-order valence-corrected chi connectivity index (χ1v) is 10.0. The Balaban J connectivity index is 1.48. The first-order chi connectivity index (χ1) is 12.0. The molecule has 0 bridgehead atoms. The number of benzene rings is 1. The molecule has 6 heteroatoms. The van der Waals surface area contributed by atoms with E-state index in [-0.39, 0.29) is 29.7 Å². The van der Waals surface area contributed by atoms with Gasteiger partial charge in [0, 0.05) is 23.4 Å². The number of thioether (sulfide) groups is 1. The van der Waals surface area contributed by atoms with Crippen LogP contribution in [0.2, 0.25) is 0 Å². The van der Waals surface area contributed by atoms with Crippen molar-refractivity contribution in [3.05, 3.63) is 30.1 Å². The fourth-order valence-corrected chi connectivity index (χ4v) is 4.82. The van der Waals surface area contributed by atoms with E-state index in [9.17, 15) is 14.0 Å². The molecule has 2 N–H and O–H groups in total. The second-order valence-corrected chi connectivity index (χ2v) is 8.08. The summed E-state index contributed by atoms with van der Waals surface area (Å²) in [6.45, 7) is 2.15. The highest BCUT2D eigenvalue weighted by Crippen LogP contribution is 2.37. The topological polar surface area (TPSA) is 58.2 Å². The Bertz CT molecular complexity index is 622.